The highest BCUT2D eigenvalue weighted by Crippen LogP contribution is 2.17. The van der Waals surface area contributed by atoms with Gasteiger partial charge in [0.25, 0.3) is 0 Å². The Kier molecular flexibility index (Phi) is 5.05. The largest absolute Gasteiger partial charge is 0.394 e. The Morgan fingerprint density at radius 1 is 1.67 bits per heavy atom. The second-order valence-electron chi connectivity index (χ2n) is 4.21. The lowest BCUT2D eigenvalue weighted by Crippen LogP contribution is -2.37. The summed E-state index contributed by atoms with van der Waals surface area (Å²) in [4.78, 5) is 13.3. The van der Waals surface area contributed by atoms with Crippen molar-refractivity contribution in [1.82, 2.24) is 4.90 Å². The number of amides is 1. The summed E-state index contributed by atoms with van der Waals surface area (Å²) in [6.45, 7) is 2.69. The molecule has 4 nitrogen and oxygen atoms in total. The van der Waals surface area contributed by atoms with Crippen molar-refractivity contribution in [3.8, 4) is 0 Å². The highest BCUT2D eigenvalue weighted by atomic mass is 16.5. The number of hydrogen-bond donors (Lipinski definition) is 1. The number of aliphatic hydroxyl groups is 1. The maximum Gasteiger partial charge on any atom is 0.222 e. The van der Waals surface area contributed by atoms with Crippen molar-refractivity contribution in [2.45, 2.75) is 44.8 Å². The maximum absolute atomic E-state index is 11.7. The van der Waals surface area contributed by atoms with Crippen LogP contribution in [0.15, 0.2) is 0 Å². The predicted molar refractivity (Wildman–Crippen MR) is 57.5 cm³/mol. The molecule has 1 aliphatic heterocycles. The van der Waals surface area contributed by atoms with Crippen LogP contribution in [0.25, 0.3) is 0 Å². The van der Waals surface area contributed by atoms with Crippen molar-refractivity contribution in [1.29, 1.82) is 0 Å². The van der Waals surface area contributed by atoms with Gasteiger partial charge in [-0.2, -0.15) is 0 Å². The van der Waals surface area contributed by atoms with E-state index in [1.54, 1.807) is 11.9 Å². The first-order valence-electron chi connectivity index (χ1n) is 5.63. The predicted octanol–water partition coefficient (Wildman–Crippen LogP) is 0.785. The molecular weight excluding hydrogens is 194 g/mol. The van der Waals surface area contributed by atoms with Crippen molar-refractivity contribution in [2.75, 3.05) is 20.3 Å². The van der Waals surface area contributed by atoms with Gasteiger partial charge in [-0.15, -0.1) is 0 Å². The number of likely N-dealkylation sites (N-methyl/N-ethyl adjacent to an activating group) is 1. The Bertz CT molecular complexity index is 202. The van der Waals surface area contributed by atoms with E-state index in [0.29, 0.717) is 6.42 Å². The van der Waals surface area contributed by atoms with E-state index in [1.165, 1.54) is 0 Å². The highest BCUT2D eigenvalue weighted by Gasteiger charge is 2.19. The summed E-state index contributed by atoms with van der Waals surface area (Å²) in [5.41, 5.74) is 0. The third-order valence-corrected chi connectivity index (χ3v) is 3.02. The van der Waals surface area contributed by atoms with Crippen molar-refractivity contribution in [2.24, 2.45) is 0 Å². The van der Waals surface area contributed by atoms with Gasteiger partial charge in [0.1, 0.15) is 0 Å². The summed E-state index contributed by atoms with van der Waals surface area (Å²) in [5.74, 6) is 0.0899. The number of ether oxygens (including phenoxy) is 1. The first kappa shape index (κ1) is 12.5. The lowest BCUT2D eigenvalue weighted by atomic mass is 10.1. The Balaban J connectivity index is 2.22. The molecule has 0 saturated carbocycles. The van der Waals surface area contributed by atoms with E-state index in [0.717, 1.165) is 25.9 Å². The molecule has 1 N–H and O–H groups in total. The van der Waals surface area contributed by atoms with Gasteiger partial charge in [-0.25, -0.2) is 0 Å². The quantitative estimate of drug-likeness (QED) is 0.737. The van der Waals surface area contributed by atoms with E-state index < -0.39 is 0 Å². The molecule has 0 aromatic carbocycles. The van der Waals surface area contributed by atoms with Gasteiger partial charge < -0.3 is 14.7 Å². The molecule has 0 radical (unpaired) electrons. The Morgan fingerprint density at radius 3 is 2.93 bits per heavy atom. The summed E-state index contributed by atoms with van der Waals surface area (Å²) in [6.07, 6.45) is 3.79. The van der Waals surface area contributed by atoms with Crippen molar-refractivity contribution < 1.29 is 14.6 Å². The van der Waals surface area contributed by atoms with Gasteiger partial charge in [-0.1, -0.05) is 0 Å². The standard InChI is InChI=1S/C11H21NO3/c1-9(8-13)12(2)11(14)6-5-10-4-3-7-15-10/h9-10,13H,3-8H2,1-2H3. The highest BCUT2D eigenvalue weighted by molar-refractivity contribution is 5.76. The fourth-order valence-corrected chi connectivity index (χ4v) is 1.70. The van der Waals surface area contributed by atoms with Crippen LogP contribution in [0.5, 0.6) is 0 Å². The van der Waals surface area contributed by atoms with Crippen LogP contribution in [-0.2, 0) is 9.53 Å². The average molecular weight is 215 g/mol. The van der Waals surface area contributed by atoms with Crippen molar-refractivity contribution in [3.05, 3.63) is 0 Å². The number of hydrogen-bond acceptors (Lipinski definition) is 3. The van der Waals surface area contributed by atoms with Gasteiger partial charge in [-0.05, 0) is 26.2 Å². The molecule has 1 amide bonds. The molecule has 1 saturated heterocycles. The molecule has 0 aliphatic carbocycles. The second-order valence-corrected chi connectivity index (χ2v) is 4.21. The maximum atomic E-state index is 11.7. The summed E-state index contributed by atoms with van der Waals surface area (Å²) in [6, 6.07) is -0.0954. The zero-order valence-corrected chi connectivity index (χ0v) is 9.61. The molecule has 2 atom stereocenters. The number of aliphatic hydroxyl groups excluding tert-OH is 1. The zero-order chi connectivity index (χ0) is 11.3. The van der Waals surface area contributed by atoms with Crippen LogP contribution >= 0.6 is 0 Å². The molecule has 1 aliphatic rings. The molecule has 1 heterocycles. The third-order valence-electron chi connectivity index (χ3n) is 3.02. The van der Waals surface area contributed by atoms with Crippen LogP contribution in [-0.4, -0.2) is 48.3 Å². The molecular formula is C11H21NO3. The Hall–Kier alpha value is -0.610. The van der Waals surface area contributed by atoms with E-state index in [1.807, 2.05) is 6.92 Å². The fraction of sp³-hybridized carbons (Fsp3) is 0.909. The minimum absolute atomic E-state index is 0.0160. The molecule has 1 fully saturated rings. The minimum atomic E-state index is -0.0954. The van der Waals surface area contributed by atoms with Crippen molar-refractivity contribution in [3.63, 3.8) is 0 Å². The number of carbonyl (C=O) groups is 1. The van der Waals surface area contributed by atoms with Crippen LogP contribution < -0.4 is 0 Å². The normalized spacial score (nSPS) is 22.7. The molecule has 1 rings (SSSR count). The molecule has 4 heteroatoms. The lowest BCUT2D eigenvalue weighted by molar-refractivity contribution is -0.133. The molecule has 88 valence electrons. The summed E-state index contributed by atoms with van der Waals surface area (Å²) >= 11 is 0. The lowest BCUT2D eigenvalue weighted by Gasteiger charge is -2.23. The van der Waals surface area contributed by atoms with Gasteiger partial charge in [-0.3, -0.25) is 4.79 Å². The monoisotopic (exact) mass is 215 g/mol. The van der Waals surface area contributed by atoms with Crippen LogP contribution in [0.3, 0.4) is 0 Å². The van der Waals surface area contributed by atoms with Crippen LogP contribution in [0.2, 0.25) is 0 Å². The van der Waals surface area contributed by atoms with Crippen LogP contribution in [0, 0.1) is 0 Å². The molecule has 0 spiro atoms. The van der Waals surface area contributed by atoms with Gasteiger partial charge >= 0.3 is 0 Å². The number of rotatable bonds is 5. The fourth-order valence-electron chi connectivity index (χ4n) is 1.70. The van der Waals surface area contributed by atoms with Crippen molar-refractivity contribution >= 4 is 5.91 Å². The number of nitrogens with zero attached hydrogens (tertiary/aromatic N) is 1. The van der Waals surface area contributed by atoms with E-state index in [-0.39, 0.29) is 24.7 Å². The second kappa shape index (κ2) is 6.08. The van der Waals surface area contributed by atoms with Crippen LogP contribution in [0.1, 0.15) is 32.6 Å². The SMILES string of the molecule is CC(CO)N(C)C(=O)CCC1CCCO1. The topological polar surface area (TPSA) is 49.8 Å². The molecule has 15 heavy (non-hydrogen) atoms. The van der Waals surface area contributed by atoms with E-state index in [9.17, 15) is 4.79 Å². The third kappa shape index (κ3) is 3.80. The van der Waals surface area contributed by atoms with Gasteiger partial charge in [0, 0.05) is 20.1 Å². The smallest absolute Gasteiger partial charge is 0.222 e. The molecule has 2 unspecified atom stereocenters. The zero-order valence-electron chi connectivity index (χ0n) is 9.61. The first-order chi connectivity index (χ1) is 7.15. The Labute approximate surface area is 91.2 Å². The minimum Gasteiger partial charge on any atom is -0.394 e. The molecule has 0 aromatic rings. The van der Waals surface area contributed by atoms with Gasteiger partial charge in [0.15, 0.2) is 0 Å². The first-order valence-corrected chi connectivity index (χ1v) is 5.63. The average Bonchev–Trinajstić information content (AvgIpc) is 2.76. The Morgan fingerprint density at radius 2 is 2.40 bits per heavy atom. The van der Waals surface area contributed by atoms with Crippen LogP contribution in [0.4, 0.5) is 0 Å². The van der Waals surface area contributed by atoms with Gasteiger partial charge in [0.05, 0.1) is 18.8 Å². The van der Waals surface area contributed by atoms with E-state index >= 15 is 0 Å². The van der Waals surface area contributed by atoms with E-state index in [4.69, 9.17) is 9.84 Å². The molecule has 0 aromatic heterocycles. The summed E-state index contributed by atoms with van der Waals surface area (Å²) in [7, 11) is 1.73. The molecule has 0 bridgehead atoms. The summed E-state index contributed by atoms with van der Waals surface area (Å²) < 4.78 is 5.45. The van der Waals surface area contributed by atoms with E-state index in [2.05, 4.69) is 0 Å². The summed E-state index contributed by atoms with van der Waals surface area (Å²) in [5, 5.41) is 8.92. The number of carbonyl (C=O) groups excluding carboxylic acids is 1. The van der Waals surface area contributed by atoms with Gasteiger partial charge in [0.2, 0.25) is 5.91 Å².